The molecule has 0 spiro atoms. The molecule has 5 rings (SSSR count). The van der Waals surface area contributed by atoms with Gasteiger partial charge in [-0.15, -0.1) is 0 Å². The molecule has 2 N–H and O–H groups in total. The number of aliphatic hydroxyl groups excluding tert-OH is 2. The third-order valence-corrected chi connectivity index (χ3v) is 9.49. The van der Waals surface area contributed by atoms with Crippen LogP contribution in [-0.4, -0.2) is 46.1 Å². The monoisotopic (exact) mass is 464 g/mol. The molecule has 180 valence electrons. The van der Waals surface area contributed by atoms with Gasteiger partial charge < -0.3 is 14.9 Å². The molecule has 0 aromatic heterocycles. The van der Waals surface area contributed by atoms with Gasteiger partial charge in [-0.25, -0.2) is 4.79 Å². The van der Waals surface area contributed by atoms with Crippen molar-refractivity contribution in [2.24, 2.45) is 28.6 Å². The molecule has 0 radical (unpaired) electrons. The molecule has 4 aliphatic carbocycles. The van der Waals surface area contributed by atoms with Crippen LogP contribution in [0.1, 0.15) is 56.3 Å². The third-order valence-electron chi connectivity index (χ3n) is 9.49. The Balaban J connectivity index is 1.53. The maximum atomic E-state index is 13.3. The average molecular weight is 465 g/mol. The molecule has 6 heteroatoms. The Kier molecular flexibility index (Phi) is 5.45. The fraction of sp³-hybridized carbons (Fsp3) is 0.536. The number of Topliss-reactive ketones (excluding diaryl/α,β-unsaturated/α-hetero) is 1. The number of hydrogen-bond donors (Lipinski definition) is 2. The van der Waals surface area contributed by atoms with Gasteiger partial charge in [-0.1, -0.05) is 43.7 Å². The first-order valence-corrected chi connectivity index (χ1v) is 12.2. The fourth-order valence-corrected chi connectivity index (χ4v) is 7.92. The Hall–Kier alpha value is -2.57. The molecule has 0 unspecified atom stereocenters. The molecule has 0 aliphatic heterocycles. The molecule has 1 aromatic carbocycles. The summed E-state index contributed by atoms with van der Waals surface area (Å²) < 4.78 is 6.05. The highest BCUT2D eigenvalue weighted by atomic mass is 16.6. The van der Waals surface area contributed by atoms with Crippen LogP contribution in [0, 0.1) is 28.6 Å². The molecule has 3 fully saturated rings. The number of carbonyl (C=O) groups is 3. The lowest BCUT2D eigenvalue weighted by Crippen LogP contribution is -2.63. The normalized spacial score (nSPS) is 40.6. The Morgan fingerprint density at radius 1 is 1.15 bits per heavy atom. The van der Waals surface area contributed by atoms with Crippen molar-refractivity contribution in [3.8, 4) is 0 Å². The molecule has 3 saturated carbocycles. The molecular weight excluding hydrogens is 432 g/mol. The first-order chi connectivity index (χ1) is 16.2. The van der Waals surface area contributed by atoms with E-state index in [9.17, 15) is 24.6 Å². The van der Waals surface area contributed by atoms with Gasteiger partial charge in [0.2, 0.25) is 5.78 Å². The molecule has 4 aliphatic rings. The Morgan fingerprint density at radius 2 is 1.88 bits per heavy atom. The zero-order chi connectivity index (χ0) is 24.3. The predicted octanol–water partition coefficient (Wildman–Crippen LogP) is 3.42. The summed E-state index contributed by atoms with van der Waals surface area (Å²) in [7, 11) is 0. The van der Waals surface area contributed by atoms with Crippen molar-refractivity contribution in [3.05, 3.63) is 59.7 Å². The predicted molar refractivity (Wildman–Crippen MR) is 125 cm³/mol. The summed E-state index contributed by atoms with van der Waals surface area (Å²) in [5.41, 5.74) is -1.28. The van der Waals surface area contributed by atoms with Crippen molar-refractivity contribution in [2.45, 2.75) is 57.7 Å². The lowest BCUT2D eigenvalue weighted by molar-refractivity contribution is -0.179. The molecule has 1 aromatic rings. The van der Waals surface area contributed by atoms with Gasteiger partial charge in [0.1, 0.15) is 6.61 Å². The number of hydrogen-bond acceptors (Lipinski definition) is 6. The van der Waals surface area contributed by atoms with Crippen LogP contribution in [0.4, 0.5) is 0 Å². The van der Waals surface area contributed by atoms with E-state index in [-0.39, 0.29) is 30.0 Å². The van der Waals surface area contributed by atoms with Crippen LogP contribution in [0.2, 0.25) is 0 Å². The smallest absolute Gasteiger partial charge is 0.339 e. The van der Waals surface area contributed by atoms with Gasteiger partial charge in [-0.3, -0.25) is 9.59 Å². The first-order valence-electron chi connectivity index (χ1n) is 12.2. The summed E-state index contributed by atoms with van der Waals surface area (Å²) in [5.74, 6) is -1.03. The van der Waals surface area contributed by atoms with E-state index in [1.807, 2.05) is 13.0 Å². The molecule has 0 heterocycles. The van der Waals surface area contributed by atoms with Crippen molar-refractivity contribution in [1.29, 1.82) is 0 Å². The van der Waals surface area contributed by atoms with Crippen LogP contribution in [0.15, 0.2) is 54.1 Å². The highest BCUT2D eigenvalue weighted by molar-refractivity contribution is 6.01. The summed E-state index contributed by atoms with van der Waals surface area (Å²) in [6.45, 7) is 3.33. The van der Waals surface area contributed by atoms with Crippen LogP contribution in [0.25, 0.3) is 0 Å². The van der Waals surface area contributed by atoms with Crippen LogP contribution >= 0.6 is 0 Å². The number of rotatable bonds is 4. The molecule has 6 nitrogen and oxygen atoms in total. The van der Waals surface area contributed by atoms with Crippen LogP contribution in [0.3, 0.4) is 0 Å². The Morgan fingerprint density at radius 3 is 2.59 bits per heavy atom. The SMILES string of the molecule is C[C@]12C=CC(=O)C=C1CC[C@@H]1[C@@H]2[C@@H](O)C[C@@]2(C)[C@H]1CC[C@]2(OC(=O)c1ccccc1)C(=O)CO. The van der Waals surface area contributed by atoms with E-state index in [0.29, 0.717) is 18.4 Å². The van der Waals surface area contributed by atoms with Gasteiger partial charge in [0, 0.05) is 16.7 Å². The molecule has 7 atom stereocenters. The van der Waals surface area contributed by atoms with Crippen molar-refractivity contribution in [3.63, 3.8) is 0 Å². The first kappa shape index (κ1) is 23.2. The van der Waals surface area contributed by atoms with Crippen molar-refractivity contribution < 1.29 is 29.3 Å². The highest BCUT2D eigenvalue weighted by Crippen LogP contribution is 2.67. The van der Waals surface area contributed by atoms with E-state index in [1.54, 1.807) is 42.5 Å². The minimum absolute atomic E-state index is 0.0117. The number of esters is 1. The third kappa shape index (κ3) is 3.11. The quantitative estimate of drug-likeness (QED) is 0.662. The maximum Gasteiger partial charge on any atom is 0.339 e. The molecule has 34 heavy (non-hydrogen) atoms. The second-order valence-corrected chi connectivity index (χ2v) is 10.9. The van der Waals surface area contributed by atoms with Crippen molar-refractivity contribution >= 4 is 17.5 Å². The minimum Gasteiger partial charge on any atom is -0.447 e. The lowest BCUT2D eigenvalue weighted by Gasteiger charge is -2.59. The lowest BCUT2D eigenvalue weighted by atomic mass is 9.46. The van der Waals surface area contributed by atoms with E-state index >= 15 is 0 Å². The number of benzene rings is 1. The number of ether oxygens (including phenoxy) is 1. The summed E-state index contributed by atoms with van der Waals surface area (Å²) in [4.78, 5) is 38.4. The zero-order valence-corrected chi connectivity index (χ0v) is 19.7. The summed E-state index contributed by atoms with van der Waals surface area (Å²) >= 11 is 0. The largest absolute Gasteiger partial charge is 0.447 e. The second-order valence-electron chi connectivity index (χ2n) is 10.9. The molecular formula is C28H32O6. The van der Waals surface area contributed by atoms with Gasteiger partial charge in [0.25, 0.3) is 0 Å². The topological polar surface area (TPSA) is 101 Å². The summed E-state index contributed by atoms with van der Waals surface area (Å²) in [5, 5.41) is 21.5. The van der Waals surface area contributed by atoms with Crippen LogP contribution < -0.4 is 0 Å². The number of carbonyl (C=O) groups excluding carboxylic acids is 3. The highest BCUT2D eigenvalue weighted by Gasteiger charge is 2.70. The minimum atomic E-state index is -1.49. The standard InChI is InChI=1S/C28H32O6/c1-26-12-10-19(30)14-18(26)8-9-20-21-11-13-28(23(32)16-29,27(21,2)15-22(31)24(20)26)34-25(33)17-6-4-3-5-7-17/h3-7,10,12,14,20-22,24,29,31H,8-9,11,13,15-16H2,1-2H3/t20-,21-,22-,24+,26-,27-,28-/m0/s1. The molecule has 0 saturated heterocycles. The zero-order valence-electron chi connectivity index (χ0n) is 19.7. The van der Waals surface area contributed by atoms with Gasteiger partial charge in [-0.2, -0.15) is 0 Å². The Bertz CT molecular complexity index is 1090. The number of aliphatic hydroxyl groups is 2. The van der Waals surface area contributed by atoms with Crippen LogP contribution in [-0.2, 0) is 14.3 Å². The van der Waals surface area contributed by atoms with Crippen molar-refractivity contribution in [2.75, 3.05) is 6.61 Å². The van der Waals surface area contributed by atoms with Crippen LogP contribution in [0.5, 0.6) is 0 Å². The van der Waals surface area contributed by atoms with Gasteiger partial charge in [0.05, 0.1) is 11.7 Å². The van der Waals surface area contributed by atoms with Crippen molar-refractivity contribution in [1.82, 2.24) is 0 Å². The van der Waals surface area contributed by atoms with Gasteiger partial charge in [0.15, 0.2) is 11.4 Å². The van der Waals surface area contributed by atoms with E-state index < -0.39 is 40.9 Å². The molecule has 0 amide bonds. The molecule has 0 bridgehead atoms. The maximum absolute atomic E-state index is 13.3. The summed E-state index contributed by atoms with van der Waals surface area (Å²) in [6.07, 6.45) is 7.39. The summed E-state index contributed by atoms with van der Waals surface area (Å²) in [6, 6.07) is 8.57. The van der Waals surface area contributed by atoms with Gasteiger partial charge in [-0.05, 0) is 68.2 Å². The second kappa shape index (κ2) is 7.99. The number of ketones is 2. The number of fused-ring (bicyclic) bond motifs is 5. The number of allylic oxidation sites excluding steroid dienone is 4. The van der Waals surface area contributed by atoms with E-state index in [1.165, 1.54) is 0 Å². The van der Waals surface area contributed by atoms with Gasteiger partial charge >= 0.3 is 5.97 Å². The average Bonchev–Trinajstić information content (AvgIpc) is 3.11. The Labute approximate surface area is 199 Å². The fourth-order valence-electron chi connectivity index (χ4n) is 7.92. The van der Waals surface area contributed by atoms with E-state index in [0.717, 1.165) is 18.4 Å². The van der Waals surface area contributed by atoms with E-state index in [4.69, 9.17) is 4.74 Å². The van der Waals surface area contributed by atoms with E-state index in [2.05, 4.69) is 6.92 Å².